The van der Waals surface area contributed by atoms with E-state index < -0.39 is 0 Å². The molecule has 158 valence electrons. The van der Waals surface area contributed by atoms with Crippen LogP contribution in [0.3, 0.4) is 0 Å². The van der Waals surface area contributed by atoms with Crippen molar-refractivity contribution in [2.45, 2.75) is 57.4 Å². The quantitative estimate of drug-likeness (QED) is 0.528. The van der Waals surface area contributed by atoms with E-state index in [9.17, 15) is 0 Å². The molecule has 1 aromatic carbocycles. The maximum atomic E-state index is 5.34. The van der Waals surface area contributed by atoms with E-state index in [2.05, 4.69) is 61.6 Å². The predicted octanol–water partition coefficient (Wildman–Crippen LogP) is 2.92. The number of benzene rings is 1. The van der Waals surface area contributed by atoms with Gasteiger partial charge in [-0.15, -0.1) is 10.2 Å². The molecule has 1 saturated carbocycles. The summed E-state index contributed by atoms with van der Waals surface area (Å²) < 4.78 is 7.42. The molecule has 1 aliphatic carbocycles. The van der Waals surface area contributed by atoms with Crippen LogP contribution in [0.5, 0.6) is 5.75 Å². The monoisotopic (exact) mass is 398 g/mol. The Morgan fingerprint density at radius 1 is 1.17 bits per heavy atom. The van der Waals surface area contributed by atoms with E-state index in [1.54, 1.807) is 13.4 Å². The van der Waals surface area contributed by atoms with Crippen LogP contribution in [0, 0.1) is 0 Å². The summed E-state index contributed by atoms with van der Waals surface area (Å²) in [6, 6.07) is 8.59. The molecule has 7 heteroatoms. The molecule has 0 bridgehead atoms. The normalized spacial score (nSPS) is 16.4. The molecular formula is C22H34N6O. The zero-order chi connectivity index (χ0) is 20.5. The largest absolute Gasteiger partial charge is 0.497 e. The summed E-state index contributed by atoms with van der Waals surface area (Å²) in [5.74, 6) is 2.76. The lowest BCUT2D eigenvalue weighted by Gasteiger charge is -2.38. The number of aliphatic imine (C=N–C) groups is 1. The molecule has 0 saturated heterocycles. The van der Waals surface area contributed by atoms with Crippen LogP contribution in [0.1, 0.15) is 50.4 Å². The van der Waals surface area contributed by atoms with Crippen LogP contribution in [-0.2, 0) is 18.4 Å². The first-order valence-corrected chi connectivity index (χ1v) is 10.7. The zero-order valence-electron chi connectivity index (χ0n) is 17.9. The fraction of sp³-hybridized carbons (Fsp3) is 0.591. The number of nitrogens with zero attached hydrogens (tertiary/aromatic N) is 4. The number of ether oxygens (including phenoxy) is 1. The molecular weight excluding hydrogens is 364 g/mol. The van der Waals surface area contributed by atoms with Gasteiger partial charge in [0, 0.05) is 38.5 Å². The number of nitrogens with one attached hydrogen (secondary N) is 2. The molecule has 0 atom stereocenters. The highest BCUT2D eigenvalue weighted by molar-refractivity contribution is 5.79. The molecule has 2 N–H and O–H groups in total. The number of hydrogen-bond donors (Lipinski definition) is 2. The van der Waals surface area contributed by atoms with E-state index in [-0.39, 0.29) is 5.41 Å². The van der Waals surface area contributed by atoms with E-state index >= 15 is 0 Å². The topological polar surface area (TPSA) is 76.4 Å². The second-order valence-electron chi connectivity index (χ2n) is 7.72. The van der Waals surface area contributed by atoms with Crippen LogP contribution in [0.2, 0.25) is 0 Å². The molecule has 29 heavy (non-hydrogen) atoms. The zero-order valence-corrected chi connectivity index (χ0v) is 17.9. The van der Waals surface area contributed by atoms with Crippen LogP contribution in [-0.4, -0.2) is 48.0 Å². The smallest absolute Gasteiger partial charge is 0.191 e. The van der Waals surface area contributed by atoms with Crippen LogP contribution in [0.15, 0.2) is 35.6 Å². The van der Waals surface area contributed by atoms with Gasteiger partial charge in [0.15, 0.2) is 5.96 Å². The molecule has 1 aromatic heterocycles. The Morgan fingerprint density at radius 3 is 2.59 bits per heavy atom. The van der Waals surface area contributed by atoms with E-state index in [1.807, 2.05) is 7.05 Å². The minimum atomic E-state index is 0.145. The molecule has 0 radical (unpaired) electrons. The first-order chi connectivity index (χ1) is 14.2. The lowest BCUT2D eigenvalue weighted by Crippen LogP contribution is -2.47. The van der Waals surface area contributed by atoms with Crippen molar-refractivity contribution >= 4 is 5.96 Å². The molecule has 0 aliphatic heterocycles. The summed E-state index contributed by atoms with van der Waals surface area (Å²) in [7, 11) is 3.54. The van der Waals surface area contributed by atoms with Crippen molar-refractivity contribution in [1.82, 2.24) is 25.4 Å². The number of aryl methyl sites for hydroxylation is 1. The number of methoxy groups -OCH3 is 1. The second-order valence-corrected chi connectivity index (χ2v) is 7.72. The van der Waals surface area contributed by atoms with Gasteiger partial charge in [-0.2, -0.15) is 0 Å². The standard InChI is InChI=1S/C22H34N6O/c1-4-20-27-26-17-28(20)15-14-24-21(23-2)25-16-22(12-6-5-7-13-22)18-8-10-19(29-3)11-9-18/h8-11,17H,4-7,12-16H2,1-3H3,(H2,23,24,25). The van der Waals surface area contributed by atoms with Gasteiger partial charge >= 0.3 is 0 Å². The summed E-state index contributed by atoms with van der Waals surface area (Å²) >= 11 is 0. The van der Waals surface area contributed by atoms with Gasteiger partial charge < -0.3 is 19.9 Å². The van der Waals surface area contributed by atoms with Crippen molar-refractivity contribution in [3.63, 3.8) is 0 Å². The fourth-order valence-electron chi connectivity index (χ4n) is 4.25. The molecule has 1 aliphatic rings. The van der Waals surface area contributed by atoms with Gasteiger partial charge in [-0.1, -0.05) is 38.3 Å². The third kappa shape index (κ3) is 5.28. The Balaban J connectivity index is 1.60. The Kier molecular flexibility index (Phi) is 7.49. The van der Waals surface area contributed by atoms with Gasteiger partial charge in [-0.3, -0.25) is 4.99 Å². The maximum absolute atomic E-state index is 5.34. The van der Waals surface area contributed by atoms with Crippen molar-refractivity contribution in [3.05, 3.63) is 42.0 Å². The first kappa shape index (κ1) is 21.1. The highest BCUT2D eigenvalue weighted by atomic mass is 16.5. The summed E-state index contributed by atoms with van der Waals surface area (Å²) in [6.07, 6.45) is 8.94. The molecule has 0 amide bonds. The number of rotatable bonds is 8. The predicted molar refractivity (Wildman–Crippen MR) is 117 cm³/mol. The highest BCUT2D eigenvalue weighted by Crippen LogP contribution is 2.39. The van der Waals surface area contributed by atoms with Gasteiger partial charge in [0.2, 0.25) is 0 Å². The molecule has 1 heterocycles. The average Bonchev–Trinajstić information content (AvgIpc) is 3.24. The van der Waals surface area contributed by atoms with Crippen molar-refractivity contribution in [2.75, 3.05) is 27.2 Å². The lowest BCUT2D eigenvalue weighted by molar-refractivity contribution is 0.291. The summed E-state index contributed by atoms with van der Waals surface area (Å²) in [4.78, 5) is 4.42. The van der Waals surface area contributed by atoms with Gasteiger partial charge in [-0.05, 0) is 30.5 Å². The number of aromatic nitrogens is 3. The molecule has 7 nitrogen and oxygen atoms in total. The van der Waals surface area contributed by atoms with Crippen LogP contribution < -0.4 is 15.4 Å². The number of hydrogen-bond acceptors (Lipinski definition) is 4. The van der Waals surface area contributed by atoms with Crippen LogP contribution in [0.25, 0.3) is 0 Å². The maximum Gasteiger partial charge on any atom is 0.191 e. The SMILES string of the molecule is CCc1nncn1CCNC(=NC)NCC1(c2ccc(OC)cc2)CCCCC1. The fourth-order valence-corrected chi connectivity index (χ4v) is 4.25. The molecule has 1 fully saturated rings. The molecule has 0 spiro atoms. The average molecular weight is 399 g/mol. The van der Waals surface area contributed by atoms with Crippen LogP contribution >= 0.6 is 0 Å². The Morgan fingerprint density at radius 2 is 1.93 bits per heavy atom. The summed E-state index contributed by atoms with van der Waals surface area (Å²) in [5.41, 5.74) is 1.53. The van der Waals surface area contributed by atoms with Crippen molar-refractivity contribution in [1.29, 1.82) is 0 Å². The molecule has 0 unspecified atom stereocenters. The van der Waals surface area contributed by atoms with Crippen molar-refractivity contribution in [2.24, 2.45) is 4.99 Å². The third-order valence-electron chi connectivity index (χ3n) is 5.99. The summed E-state index contributed by atoms with van der Waals surface area (Å²) in [6.45, 7) is 4.57. The number of guanidine groups is 1. The molecule has 3 rings (SSSR count). The van der Waals surface area contributed by atoms with Crippen molar-refractivity contribution in [3.8, 4) is 5.75 Å². The van der Waals surface area contributed by atoms with Gasteiger partial charge in [0.1, 0.15) is 17.9 Å². The van der Waals surface area contributed by atoms with E-state index in [4.69, 9.17) is 4.74 Å². The van der Waals surface area contributed by atoms with Gasteiger partial charge in [-0.25, -0.2) is 0 Å². The van der Waals surface area contributed by atoms with Gasteiger partial charge in [0.25, 0.3) is 0 Å². The lowest BCUT2D eigenvalue weighted by atomic mass is 9.69. The van der Waals surface area contributed by atoms with Gasteiger partial charge in [0.05, 0.1) is 7.11 Å². The minimum absolute atomic E-state index is 0.145. The second kappa shape index (κ2) is 10.3. The van der Waals surface area contributed by atoms with E-state index in [0.717, 1.165) is 43.6 Å². The van der Waals surface area contributed by atoms with Crippen molar-refractivity contribution < 1.29 is 4.74 Å². The highest BCUT2D eigenvalue weighted by Gasteiger charge is 2.34. The Bertz CT molecular complexity index is 777. The van der Waals surface area contributed by atoms with Crippen LogP contribution in [0.4, 0.5) is 0 Å². The Hall–Kier alpha value is -2.57. The van der Waals surface area contributed by atoms with E-state index in [1.165, 1.54) is 37.7 Å². The first-order valence-electron chi connectivity index (χ1n) is 10.7. The molecule has 2 aromatic rings. The third-order valence-corrected chi connectivity index (χ3v) is 5.99. The Labute approximate surface area is 174 Å². The minimum Gasteiger partial charge on any atom is -0.497 e. The van der Waals surface area contributed by atoms with E-state index in [0.29, 0.717) is 0 Å². The summed E-state index contributed by atoms with van der Waals surface area (Å²) in [5, 5.41) is 15.1.